The molecule has 0 aliphatic carbocycles. The third kappa shape index (κ3) is 41.9. The Morgan fingerprint density at radius 1 is 0.793 bits per heavy atom. The van der Waals surface area contributed by atoms with Crippen molar-refractivity contribution in [3.63, 3.8) is 0 Å². The number of aliphatic hydroxyl groups excluding tert-OH is 1. The second-order valence-electron chi connectivity index (χ2n) is 7.09. The maximum absolute atomic E-state index is 11.2. The average molecular weight is 411 g/mol. The Balaban J connectivity index is -0.000000993. The van der Waals surface area contributed by atoms with Crippen molar-refractivity contribution in [3.05, 3.63) is 37.5 Å². The van der Waals surface area contributed by atoms with E-state index in [0.717, 1.165) is 12.8 Å². The molecule has 0 aromatic carbocycles. The van der Waals surface area contributed by atoms with Crippen molar-refractivity contribution in [2.24, 2.45) is 0 Å². The molecular formula is C26H50O3. The van der Waals surface area contributed by atoms with Gasteiger partial charge in [-0.3, -0.25) is 4.79 Å². The van der Waals surface area contributed by atoms with Gasteiger partial charge in [0.15, 0.2) is 0 Å². The minimum atomic E-state index is -0.184. The number of carbonyl (C=O) groups is 1. The summed E-state index contributed by atoms with van der Waals surface area (Å²) in [7, 11) is 0. The van der Waals surface area contributed by atoms with E-state index in [2.05, 4.69) is 32.2 Å². The van der Waals surface area contributed by atoms with Crippen LogP contribution in [0.4, 0.5) is 0 Å². The molecule has 0 rings (SSSR count). The predicted molar refractivity (Wildman–Crippen MR) is 129 cm³/mol. The van der Waals surface area contributed by atoms with Gasteiger partial charge >= 0.3 is 5.97 Å². The molecule has 0 unspecified atom stereocenters. The summed E-state index contributed by atoms with van der Waals surface area (Å²) < 4.78 is 4.81. The van der Waals surface area contributed by atoms with Gasteiger partial charge in [0.1, 0.15) is 6.61 Å². The molecule has 0 aliphatic rings. The molecule has 0 saturated heterocycles. The Labute approximate surface area is 182 Å². The normalized spacial score (nSPS) is 9.79. The lowest BCUT2D eigenvalue weighted by Crippen LogP contribution is -2.07. The molecule has 0 aromatic heterocycles. The van der Waals surface area contributed by atoms with Crippen LogP contribution < -0.4 is 0 Å². The van der Waals surface area contributed by atoms with Crippen LogP contribution in [0.3, 0.4) is 0 Å². The molecule has 0 amide bonds. The van der Waals surface area contributed by atoms with Crippen molar-refractivity contribution < 1.29 is 14.6 Å². The molecule has 0 heterocycles. The first kappa shape index (κ1) is 32.3. The Bertz CT molecular complexity index is 342. The zero-order chi connectivity index (χ0) is 22.4. The molecule has 0 aliphatic heterocycles. The number of hydrogen-bond acceptors (Lipinski definition) is 3. The van der Waals surface area contributed by atoms with Crippen LogP contribution in [-0.4, -0.2) is 24.3 Å². The first-order valence-electron chi connectivity index (χ1n) is 11.7. The highest BCUT2D eigenvalue weighted by Gasteiger charge is 2.01. The van der Waals surface area contributed by atoms with E-state index >= 15 is 0 Å². The van der Waals surface area contributed by atoms with Crippen LogP contribution in [-0.2, 0) is 9.53 Å². The van der Waals surface area contributed by atoms with Gasteiger partial charge < -0.3 is 9.84 Å². The minimum Gasteiger partial charge on any atom is -0.463 e. The summed E-state index contributed by atoms with van der Waals surface area (Å²) >= 11 is 0. The fourth-order valence-corrected chi connectivity index (χ4v) is 2.57. The highest BCUT2D eigenvalue weighted by atomic mass is 16.5. The summed E-state index contributed by atoms with van der Waals surface area (Å²) in [4.78, 5) is 11.2. The molecule has 0 bridgehead atoms. The second kappa shape index (κ2) is 34.2. The second-order valence-corrected chi connectivity index (χ2v) is 7.09. The number of ether oxygens (including phenoxy) is 1. The molecule has 0 spiro atoms. The summed E-state index contributed by atoms with van der Waals surface area (Å²) in [5.41, 5.74) is 0. The Morgan fingerprint density at radius 2 is 1.21 bits per heavy atom. The highest BCUT2D eigenvalue weighted by molar-refractivity contribution is 5.69. The Morgan fingerprint density at radius 3 is 1.66 bits per heavy atom. The Kier molecular flexibility index (Phi) is 38.1. The zero-order valence-electron chi connectivity index (χ0n) is 19.8. The van der Waals surface area contributed by atoms with Crippen molar-refractivity contribution in [2.45, 2.75) is 111 Å². The van der Waals surface area contributed by atoms with Gasteiger partial charge in [-0.25, -0.2) is 0 Å². The molecule has 172 valence electrons. The van der Waals surface area contributed by atoms with Crippen LogP contribution in [0.2, 0.25) is 0 Å². The van der Waals surface area contributed by atoms with E-state index in [1.54, 1.807) is 12.2 Å². The summed E-state index contributed by atoms with van der Waals surface area (Å²) in [5, 5.41) is 8.54. The van der Waals surface area contributed by atoms with Crippen LogP contribution in [0.15, 0.2) is 37.5 Å². The quantitative estimate of drug-likeness (QED) is 0.150. The van der Waals surface area contributed by atoms with Gasteiger partial charge in [0.25, 0.3) is 0 Å². The van der Waals surface area contributed by atoms with Crippen molar-refractivity contribution >= 4 is 5.97 Å². The summed E-state index contributed by atoms with van der Waals surface area (Å²) in [5.74, 6) is -0.184. The number of esters is 1. The topological polar surface area (TPSA) is 46.5 Å². The highest BCUT2D eigenvalue weighted by Crippen LogP contribution is 2.10. The fraction of sp³-hybridized carbons (Fsp3) is 0.731. The Hall–Kier alpha value is -1.35. The number of rotatable bonds is 17. The molecule has 0 aromatic rings. The fourth-order valence-electron chi connectivity index (χ4n) is 2.57. The number of hydrogen-bond donors (Lipinski definition) is 1. The van der Waals surface area contributed by atoms with E-state index < -0.39 is 0 Å². The van der Waals surface area contributed by atoms with Crippen LogP contribution in [0.5, 0.6) is 0 Å². The van der Waals surface area contributed by atoms with Crippen molar-refractivity contribution in [2.75, 3.05) is 13.2 Å². The smallest absolute Gasteiger partial charge is 0.305 e. The number of allylic oxidation sites excluding steroid dienone is 4. The molecule has 29 heavy (non-hydrogen) atoms. The third-order valence-corrected chi connectivity index (χ3v) is 4.00. The van der Waals surface area contributed by atoms with Crippen molar-refractivity contribution in [1.82, 2.24) is 0 Å². The lowest BCUT2D eigenvalue weighted by atomic mass is 10.1. The van der Waals surface area contributed by atoms with E-state index in [1.165, 1.54) is 70.6 Å². The van der Waals surface area contributed by atoms with E-state index in [9.17, 15) is 4.79 Å². The number of carbonyl (C=O) groups excluding carboxylic acids is 1. The molecule has 3 heteroatoms. The summed E-state index contributed by atoms with van der Waals surface area (Å²) in [6.45, 7) is 12.8. The van der Waals surface area contributed by atoms with Gasteiger partial charge in [-0.1, -0.05) is 82.6 Å². The van der Waals surface area contributed by atoms with Crippen LogP contribution in [0.1, 0.15) is 111 Å². The minimum absolute atomic E-state index is 0.0852. The van der Waals surface area contributed by atoms with Gasteiger partial charge in [-0.15, -0.1) is 13.2 Å². The van der Waals surface area contributed by atoms with E-state index in [0.29, 0.717) is 6.42 Å². The zero-order valence-corrected chi connectivity index (χ0v) is 19.8. The largest absolute Gasteiger partial charge is 0.463 e. The van der Waals surface area contributed by atoms with Crippen molar-refractivity contribution in [1.29, 1.82) is 0 Å². The monoisotopic (exact) mass is 410 g/mol. The molecule has 0 radical (unpaired) electrons. The molecule has 3 nitrogen and oxygen atoms in total. The molecule has 1 N–H and O–H groups in total. The first-order valence-corrected chi connectivity index (χ1v) is 11.7. The maximum Gasteiger partial charge on any atom is 0.305 e. The van der Waals surface area contributed by atoms with E-state index in [4.69, 9.17) is 9.84 Å². The van der Waals surface area contributed by atoms with Crippen LogP contribution in [0.25, 0.3) is 0 Å². The lowest BCUT2D eigenvalue weighted by molar-refractivity contribution is -0.144. The van der Waals surface area contributed by atoms with Gasteiger partial charge in [0, 0.05) is 6.42 Å². The molecule has 0 fully saturated rings. The first-order chi connectivity index (χ1) is 14.1. The maximum atomic E-state index is 11.2. The lowest BCUT2D eigenvalue weighted by Gasteiger charge is -2.02. The molecule has 0 saturated carbocycles. The SMILES string of the molecule is C=CC.C=CC.CCCCCCCC/C=C\CCCCCCCC(=O)OCCO. The number of unbranched alkanes of at least 4 members (excludes halogenated alkanes) is 11. The average Bonchev–Trinajstić information content (AvgIpc) is 2.70. The van der Waals surface area contributed by atoms with Gasteiger partial charge in [0.05, 0.1) is 6.61 Å². The summed E-state index contributed by atoms with van der Waals surface area (Å²) in [6, 6.07) is 0. The van der Waals surface area contributed by atoms with E-state index in [-0.39, 0.29) is 19.2 Å². The van der Waals surface area contributed by atoms with E-state index in [1.807, 2.05) is 13.8 Å². The van der Waals surface area contributed by atoms with Crippen LogP contribution >= 0.6 is 0 Å². The van der Waals surface area contributed by atoms with Gasteiger partial charge in [0.2, 0.25) is 0 Å². The summed E-state index contributed by atoms with van der Waals surface area (Å²) in [6.07, 6.45) is 25.0. The number of aliphatic hydroxyl groups is 1. The predicted octanol–water partition coefficient (Wildman–Crippen LogP) is 7.94. The van der Waals surface area contributed by atoms with Gasteiger partial charge in [-0.2, -0.15) is 0 Å². The molecule has 0 atom stereocenters. The standard InChI is InChI=1S/C20H38O3.2C3H6/c1-2-3-4-5-6-7-8-9-10-11-12-13-14-15-16-17-20(22)23-19-18-21;2*1-3-2/h9-10,21H,2-8,11-19H2,1H3;2*3H,1H2,2H3/b10-9-;;. The van der Waals surface area contributed by atoms with Gasteiger partial charge in [-0.05, 0) is 46.0 Å². The van der Waals surface area contributed by atoms with Crippen LogP contribution in [0, 0.1) is 0 Å². The molecular weight excluding hydrogens is 360 g/mol. The third-order valence-electron chi connectivity index (χ3n) is 4.00. The van der Waals surface area contributed by atoms with Crippen molar-refractivity contribution in [3.8, 4) is 0 Å².